The van der Waals surface area contributed by atoms with Crippen molar-refractivity contribution < 1.29 is 18.7 Å². The summed E-state index contributed by atoms with van der Waals surface area (Å²) in [5.41, 5.74) is 6.18. The number of aromatic nitrogens is 1. The Morgan fingerprint density at radius 1 is 1.57 bits per heavy atom. The summed E-state index contributed by atoms with van der Waals surface area (Å²) in [6.07, 6.45) is 3.29. The summed E-state index contributed by atoms with van der Waals surface area (Å²) in [4.78, 5) is 23.7. The molecule has 1 fully saturated rings. The lowest BCUT2D eigenvalue weighted by Gasteiger charge is -2.22. The van der Waals surface area contributed by atoms with Gasteiger partial charge in [-0.25, -0.2) is 9.98 Å². The molecule has 0 radical (unpaired) electrons. The third-order valence-corrected chi connectivity index (χ3v) is 5.61. The topological polar surface area (TPSA) is 93.3 Å². The molecule has 0 bridgehead atoms. The van der Waals surface area contributed by atoms with Gasteiger partial charge in [-0.3, -0.25) is 9.69 Å². The summed E-state index contributed by atoms with van der Waals surface area (Å²) in [5, 5.41) is -0.203. The van der Waals surface area contributed by atoms with Gasteiger partial charge in [-0.1, -0.05) is 11.8 Å². The average Bonchev–Trinajstić information content (AvgIpc) is 3.04. The van der Waals surface area contributed by atoms with Gasteiger partial charge in [0.1, 0.15) is 6.10 Å². The van der Waals surface area contributed by atoms with Crippen LogP contribution in [-0.4, -0.2) is 73.9 Å². The van der Waals surface area contributed by atoms with Crippen LogP contribution >= 0.6 is 11.8 Å². The van der Waals surface area contributed by atoms with E-state index < -0.39 is 5.95 Å². The second kappa shape index (κ2) is 11.9. The molecule has 8 nitrogen and oxygen atoms in total. The first-order valence-electron chi connectivity index (χ1n) is 9.72. The van der Waals surface area contributed by atoms with Crippen molar-refractivity contribution in [2.45, 2.75) is 32.4 Å². The zero-order valence-corrected chi connectivity index (χ0v) is 18.7. The smallest absolute Gasteiger partial charge is 0.225 e. The zero-order chi connectivity index (χ0) is 22.1. The van der Waals surface area contributed by atoms with Crippen LogP contribution in [0.25, 0.3) is 0 Å². The summed E-state index contributed by atoms with van der Waals surface area (Å²) < 4.78 is 25.4. The van der Waals surface area contributed by atoms with Crippen molar-refractivity contribution in [2.24, 2.45) is 10.7 Å². The van der Waals surface area contributed by atoms with E-state index in [-0.39, 0.29) is 28.7 Å². The standard InChI is InChI=1S/C20H30FN5O3S/c1-14-9-17(11-26(14)12-18(30-15(2)27)20(21)24-13-22)29-19-10-16(5-6-23-19)25(3)7-8-28-4/h5-6,10,13-14,17H,7-9,11-12H2,1-4H3,(H2,22,24)/b20-18-. The number of carbonyl (C=O) groups excluding carboxylic acids is 1. The van der Waals surface area contributed by atoms with Gasteiger partial charge in [-0.15, -0.1) is 0 Å². The lowest BCUT2D eigenvalue weighted by atomic mass is 10.2. The van der Waals surface area contributed by atoms with Crippen LogP contribution in [0.5, 0.6) is 5.88 Å². The fraction of sp³-hybridized carbons (Fsp3) is 0.550. The number of anilines is 1. The number of likely N-dealkylation sites (N-methyl/N-ethyl adjacent to an activating group) is 1. The van der Waals surface area contributed by atoms with E-state index in [1.54, 1.807) is 13.3 Å². The van der Waals surface area contributed by atoms with Crippen molar-refractivity contribution in [1.82, 2.24) is 9.88 Å². The number of methoxy groups -OCH3 is 1. The highest BCUT2D eigenvalue weighted by Crippen LogP contribution is 2.29. The van der Waals surface area contributed by atoms with Gasteiger partial charge in [0.2, 0.25) is 11.8 Å². The zero-order valence-electron chi connectivity index (χ0n) is 17.9. The predicted molar refractivity (Wildman–Crippen MR) is 119 cm³/mol. The molecule has 1 aromatic heterocycles. The molecule has 2 atom stereocenters. The second-order valence-corrected chi connectivity index (χ2v) is 8.38. The minimum Gasteiger partial charge on any atom is -0.473 e. The predicted octanol–water partition coefficient (Wildman–Crippen LogP) is 2.41. The molecule has 1 aliphatic heterocycles. The Bertz CT molecular complexity index is 777. The van der Waals surface area contributed by atoms with Crippen LogP contribution in [0.1, 0.15) is 20.3 Å². The van der Waals surface area contributed by atoms with E-state index in [0.717, 1.165) is 36.8 Å². The van der Waals surface area contributed by atoms with Gasteiger partial charge in [0.15, 0.2) is 5.12 Å². The molecule has 2 unspecified atom stereocenters. The first kappa shape index (κ1) is 24.1. The van der Waals surface area contributed by atoms with Crippen molar-refractivity contribution >= 4 is 28.9 Å². The summed E-state index contributed by atoms with van der Waals surface area (Å²) in [7, 11) is 3.65. The van der Waals surface area contributed by atoms with Crippen LogP contribution < -0.4 is 15.4 Å². The van der Waals surface area contributed by atoms with Crippen molar-refractivity contribution in [3.63, 3.8) is 0 Å². The third kappa shape index (κ3) is 7.26. The summed E-state index contributed by atoms with van der Waals surface area (Å²) in [6.45, 7) is 5.68. The van der Waals surface area contributed by atoms with Crippen molar-refractivity contribution in [3.05, 3.63) is 29.2 Å². The lowest BCUT2D eigenvalue weighted by molar-refractivity contribution is -0.109. The molecule has 2 rings (SSSR count). The number of aliphatic imine (C=N–C) groups is 1. The van der Waals surface area contributed by atoms with Crippen molar-refractivity contribution in [2.75, 3.05) is 45.3 Å². The maximum atomic E-state index is 14.2. The maximum Gasteiger partial charge on any atom is 0.225 e. The molecule has 0 amide bonds. The van der Waals surface area contributed by atoms with E-state index in [2.05, 4.69) is 19.8 Å². The Kier molecular flexibility index (Phi) is 9.54. The highest BCUT2D eigenvalue weighted by atomic mass is 32.2. The molecule has 0 saturated carbocycles. The molecule has 1 saturated heterocycles. The number of rotatable bonds is 10. The molecule has 10 heteroatoms. The Morgan fingerprint density at radius 2 is 2.33 bits per heavy atom. The van der Waals surface area contributed by atoms with Gasteiger partial charge in [-0.05, 0) is 13.0 Å². The van der Waals surface area contributed by atoms with Gasteiger partial charge in [0.25, 0.3) is 0 Å². The molecule has 2 heterocycles. The number of hydrogen-bond donors (Lipinski definition) is 1. The van der Waals surface area contributed by atoms with Gasteiger partial charge >= 0.3 is 0 Å². The van der Waals surface area contributed by atoms with Crippen LogP contribution in [-0.2, 0) is 9.53 Å². The molecular formula is C20H30FN5O3S. The minimum absolute atomic E-state index is 0.0864. The molecule has 166 valence electrons. The van der Waals surface area contributed by atoms with Crippen LogP contribution in [0, 0.1) is 0 Å². The molecule has 0 spiro atoms. The molecule has 2 N–H and O–H groups in total. The number of halogens is 1. The molecular weight excluding hydrogens is 409 g/mol. The van der Waals surface area contributed by atoms with E-state index >= 15 is 0 Å². The number of thioether (sulfide) groups is 1. The molecule has 1 aromatic rings. The number of nitrogens with two attached hydrogens (primary N) is 1. The van der Waals surface area contributed by atoms with Gasteiger partial charge in [-0.2, -0.15) is 4.39 Å². The first-order chi connectivity index (χ1) is 14.3. The van der Waals surface area contributed by atoms with E-state index in [9.17, 15) is 9.18 Å². The van der Waals surface area contributed by atoms with Gasteiger partial charge < -0.3 is 20.1 Å². The van der Waals surface area contributed by atoms with Crippen LogP contribution in [0.2, 0.25) is 0 Å². The maximum absolute atomic E-state index is 14.2. The summed E-state index contributed by atoms with van der Waals surface area (Å²) in [6, 6.07) is 3.97. The normalized spacial score (nSPS) is 20.4. The van der Waals surface area contributed by atoms with Crippen molar-refractivity contribution in [3.8, 4) is 5.88 Å². The minimum atomic E-state index is -0.734. The first-order valence-corrected chi connectivity index (χ1v) is 10.5. The molecule has 0 aromatic carbocycles. The fourth-order valence-electron chi connectivity index (χ4n) is 3.22. The number of pyridine rings is 1. The number of nitrogens with zero attached hydrogens (tertiary/aromatic N) is 4. The Balaban J connectivity index is 2.02. The molecule has 0 aliphatic carbocycles. The average molecular weight is 440 g/mol. The lowest BCUT2D eigenvalue weighted by Crippen LogP contribution is -2.30. The summed E-state index contributed by atoms with van der Waals surface area (Å²) in [5.74, 6) is -0.189. The van der Waals surface area contributed by atoms with Gasteiger partial charge in [0.05, 0.1) is 17.9 Å². The third-order valence-electron chi connectivity index (χ3n) is 4.77. The number of carbonyl (C=O) groups is 1. The second-order valence-electron chi connectivity index (χ2n) is 7.11. The Labute approximate surface area is 181 Å². The summed E-state index contributed by atoms with van der Waals surface area (Å²) >= 11 is 0.839. The molecule has 1 aliphatic rings. The number of hydrogen-bond acceptors (Lipinski definition) is 8. The van der Waals surface area contributed by atoms with Crippen LogP contribution in [0.4, 0.5) is 10.1 Å². The van der Waals surface area contributed by atoms with E-state index in [1.807, 2.05) is 26.1 Å². The quantitative estimate of drug-likeness (QED) is 0.338. The van der Waals surface area contributed by atoms with Crippen molar-refractivity contribution in [1.29, 1.82) is 0 Å². The highest BCUT2D eigenvalue weighted by molar-refractivity contribution is 8.16. The fourth-order valence-corrected chi connectivity index (χ4v) is 3.93. The Morgan fingerprint density at radius 3 is 3.00 bits per heavy atom. The highest BCUT2D eigenvalue weighted by Gasteiger charge is 2.32. The number of likely N-dealkylation sites (tertiary alicyclic amines) is 1. The van der Waals surface area contributed by atoms with Crippen LogP contribution in [0.3, 0.4) is 0 Å². The van der Waals surface area contributed by atoms with E-state index in [1.165, 1.54) is 6.92 Å². The SMILES string of the molecule is COCCN(C)c1ccnc(OC2CC(C)N(C/C(SC(C)=O)=C(F)/N=C/N)C2)c1. The largest absolute Gasteiger partial charge is 0.473 e. The van der Waals surface area contributed by atoms with Crippen LogP contribution in [0.15, 0.2) is 34.2 Å². The Hall–Kier alpha value is -2.17. The van der Waals surface area contributed by atoms with E-state index in [4.69, 9.17) is 15.2 Å². The van der Waals surface area contributed by atoms with Gasteiger partial charge in [0, 0.05) is 71.1 Å². The molecule has 30 heavy (non-hydrogen) atoms. The van der Waals surface area contributed by atoms with E-state index in [0.29, 0.717) is 19.0 Å². The monoisotopic (exact) mass is 439 g/mol. The number of ether oxygens (including phenoxy) is 2.